The van der Waals surface area contributed by atoms with Crippen LogP contribution in [0.5, 0.6) is 0 Å². The Hall–Kier alpha value is -1.43. The van der Waals surface area contributed by atoms with Crippen LogP contribution in [0.3, 0.4) is 0 Å². The number of carbonyl (C=O) groups is 1. The van der Waals surface area contributed by atoms with Crippen LogP contribution in [-0.2, 0) is 16.0 Å². The Labute approximate surface area is 131 Å². The van der Waals surface area contributed by atoms with E-state index < -0.39 is 0 Å². The summed E-state index contributed by atoms with van der Waals surface area (Å²) in [6.07, 6.45) is 1.26. The predicted molar refractivity (Wildman–Crippen MR) is 83.6 cm³/mol. The topological polar surface area (TPSA) is 53.0 Å². The molecule has 1 unspecified atom stereocenters. The average Bonchev–Trinajstić information content (AvgIpc) is 2.56. The molecule has 2 aliphatic heterocycles. The molecular weight excluding hydrogens is 280 g/mol. The van der Waals surface area contributed by atoms with E-state index in [2.05, 4.69) is 17.0 Å². The maximum absolute atomic E-state index is 12.5. The van der Waals surface area contributed by atoms with Crippen molar-refractivity contribution in [1.82, 2.24) is 9.80 Å². The van der Waals surface area contributed by atoms with Crippen molar-refractivity contribution in [3.8, 4) is 0 Å². The van der Waals surface area contributed by atoms with Gasteiger partial charge in [-0.3, -0.25) is 9.69 Å². The van der Waals surface area contributed by atoms with Gasteiger partial charge in [-0.25, -0.2) is 0 Å². The molecule has 1 amide bonds. The van der Waals surface area contributed by atoms with E-state index in [4.69, 9.17) is 9.84 Å². The van der Waals surface area contributed by atoms with Crippen molar-refractivity contribution in [3.63, 3.8) is 0 Å². The van der Waals surface area contributed by atoms with Crippen LogP contribution in [0.2, 0.25) is 0 Å². The largest absolute Gasteiger partial charge is 0.395 e. The van der Waals surface area contributed by atoms with E-state index in [9.17, 15) is 4.79 Å². The molecule has 0 saturated carbocycles. The van der Waals surface area contributed by atoms with Crippen LogP contribution in [0.15, 0.2) is 24.3 Å². The van der Waals surface area contributed by atoms with Gasteiger partial charge < -0.3 is 14.7 Å². The zero-order valence-corrected chi connectivity index (χ0v) is 12.9. The number of benzene rings is 1. The van der Waals surface area contributed by atoms with E-state index in [1.165, 1.54) is 11.1 Å². The predicted octanol–water partition coefficient (Wildman–Crippen LogP) is 0.827. The van der Waals surface area contributed by atoms with Crippen molar-refractivity contribution in [3.05, 3.63) is 35.4 Å². The van der Waals surface area contributed by atoms with Crippen molar-refractivity contribution in [2.75, 3.05) is 45.9 Å². The Bertz CT molecular complexity index is 512. The third-order valence-corrected chi connectivity index (χ3v) is 4.59. The van der Waals surface area contributed by atoms with Crippen molar-refractivity contribution in [1.29, 1.82) is 0 Å². The average molecular weight is 304 g/mol. The first-order valence-corrected chi connectivity index (χ1v) is 8.08. The monoisotopic (exact) mass is 304 g/mol. The number of hydrogen-bond donors (Lipinski definition) is 1. The smallest absolute Gasteiger partial charge is 0.225 e. The van der Waals surface area contributed by atoms with Crippen LogP contribution < -0.4 is 0 Å². The van der Waals surface area contributed by atoms with E-state index in [1.807, 2.05) is 17.0 Å². The van der Waals surface area contributed by atoms with Crippen molar-refractivity contribution >= 4 is 5.91 Å². The molecule has 0 bridgehead atoms. The van der Waals surface area contributed by atoms with Gasteiger partial charge in [0.15, 0.2) is 0 Å². The van der Waals surface area contributed by atoms with Crippen LogP contribution in [0, 0.1) is 0 Å². The molecule has 0 aliphatic carbocycles. The molecular formula is C17H24N2O3. The molecule has 22 heavy (non-hydrogen) atoms. The minimum absolute atomic E-state index is 0.104. The third kappa shape index (κ3) is 3.48. The molecule has 5 nitrogen and oxygen atoms in total. The number of β-amino-alcohol motifs (C(OH)–C–C–N with tert-alkyl or cyclic N) is 1. The summed E-state index contributed by atoms with van der Waals surface area (Å²) in [7, 11) is 0. The van der Waals surface area contributed by atoms with Gasteiger partial charge >= 0.3 is 0 Å². The zero-order valence-electron chi connectivity index (χ0n) is 12.9. The number of rotatable bonds is 4. The molecule has 120 valence electrons. The molecule has 1 aromatic carbocycles. The summed E-state index contributed by atoms with van der Waals surface area (Å²) >= 11 is 0. The SMILES string of the molecule is O=C(CC1OCCc2ccccc21)N1CCN(CCO)CC1. The Morgan fingerprint density at radius 2 is 2.00 bits per heavy atom. The normalized spacial score (nSPS) is 22.4. The van der Waals surface area contributed by atoms with E-state index in [1.54, 1.807) is 0 Å². The highest BCUT2D eigenvalue weighted by Crippen LogP contribution is 2.30. The Morgan fingerprint density at radius 3 is 2.77 bits per heavy atom. The van der Waals surface area contributed by atoms with Gasteiger partial charge in [0.1, 0.15) is 0 Å². The summed E-state index contributed by atoms with van der Waals surface area (Å²) in [5, 5.41) is 8.96. The second-order valence-electron chi connectivity index (χ2n) is 5.96. The number of nitrogens with zero attached hydrogens (tertiary/aromatic N) is 2. The number of amides is 1. The van der Waals surface area contributed by atoms with Crippen molar-refractivity contribution < 1.29 is 14.6 Å². The zero-order chi connectivity index (χ0) is 15.4. The first-order chi connectivity index (χ1) is 10.8. The van der Waals surface area contributed by atoms with E-state index in [0.717, 1.165) is 32.6 Å². The number of ether oxygens (including phenoxy) is 1. The minimum Gasteiger partial charge on any atom is -0.395 e. The van der Waals surface area contributed by atoms with Gasteiger partial charge in [-0.15, -0.1) is 0 Å². The molecule has 1 fully saturated rings. The molecule has 1 saturated heterocycles. The molecule has 2 aliphatic rings. The van der Waals surface area contributed by atoms with Crippen molar-refractivity contribution in [2.24, 2.45) is 0 Å². The van der Waals surface area contributed by atoms with Crippen LogP contribution in [0.25, 0.3) is 0 Å². The van der Waals surface area contributed by atoms with Crippen LogP contribution >= 0.6 is 0 Å². The number of piperazine rings is 1. The third-order valence-electron chi connectivity index (χ3n) is 4.59. The van der Waals surface area contributed by atoms with Gasteiger partial charge in [-0.2, -0.15) is 0 Å². The van der Waals surface area contributed by atoms with Crippen LogP contribution in [0.1, 0.15) is 23.7 Å². The number of aliphatic hydroxyl groups excluding tert-OH is 1. The summed E-state index contributed by atoms with van der Waals surface area (Å²) in [5.74, 6) is 0.172. The van der Waals surface area contributed by atoms with E-state index in [-0.39, 0.29) is 18.6 Å². The number of hydrogen-bond acceptors (Lipinski definition) is 4. The molecule has 1 aromatic rings. The lowest BCUT2D eigenvalue weighted by Gasteiger charge is -2.35. The first-order valence-electron chi connectivity index (χ1n) is 8.08. The fourth-order valence-electron chi connectivity index (χ4n) is 3.30. The minimum atomic E-state index is -0.104. The lowest BCUT2D eigenvalue weighted by molar-refractivity contribution is -0.136. The maximum atomic E-state index is 12.5. The summed E-state index contributed by atoms with van der Waals surface area (Å²) in [4.78, 5) is 16.6. The van der Waals surface area contributed by atoms with E-state index >= 15 is 0 Å². The standard InChI is InChI=1S/C17H24N2O3/c20-11-10-18-6-8-19(9-7-18)17(21)13-16-15-4-2-1-3-14(15)5-12-22-16/h1-4,16,20H,5-13H2. The highest BCUT2D eigenvalue weighted by atomic mass is 16.5. The van der Waals surface area contributed by atoms with Gasteiger partial charge in [0.05, 0.1) is 25.7 Å². The summed E-state index contributed by atoms with van der Waals surface area (Å²) in [6, 6.07) is 8.26. The molecule has 1 N–H and O–H groups in total. The summed E-state index contributed by atoms with van der Waals surface area (Å²) < 4.78 is 5.83. The first kappa shape index (κ1) is 15.5. The molecule has 3 rings (SSSR count). The quantitative estimate of drug-likeness (QED) is 0.895. The fourth-order valence-corrected chi connectivity index (χ4v) is 3.30. The molecule has 0 radical (unpaired) electrons. The highest BCUT2D eigenvalue weighted by molar-refractivity contribution is 5.77. The van der Waals surface area contributed by atoms with Gasteiger partial charge in [0.25, 0.3) is 0 Å². The van der Waals surface area contributed by atoms with Crippen molar-refractivity contribution in [2.45, 2.75) is 18.9 Å². The van der Waals surface area contributed by atoms with Gasteiger partial charge in [0, 0.05) is 32.7 Å². The second-order valence-corrected chi connectivity index (χ2v) is 5.96. The molecule has 0 aromatic heterocycles. The van der Waals surface area contributed by atoms with Gasteiger partial charge in [-0.1, -0.05) is 24.3 Å². The fraction of sp³-hybridized carbons (Fsp3) is 0.588. The van der Waals surface area contributed by atoms with Gasteiger partial charge in [-0.05, 0) is 17.5 Å². The van der Waals surface area contributed by atoms with Crippen LogP contribution in [-0.4, -0.2) is 66.8 Å². The number of aliphatic hydroxyl groups is 1. The Morgan fingerprint density at radius 1 is 1.23 bits per heavy atom. The number of fused-ring (bicyclic) bond motifs is 1. The summed E-state index contributed by atoms with van der Waals surface area (Å²) in [5.41, 5.74) is 2.47. The second kappa shape index (κ2) is 7.22. The lowest BCUT2D eigenvalue weighted by atomic mass is 9.95. The molecule has 0 spiro atoms. The summed E-state index contributed by atoms with van der Waals surface area (Å²) in [6.45, 7) is 4.74. The lowest BCUT2D eigenvalue weighted by Crippen LogP contribution is -2.49. The van der Waals surface area contributed by atoms with Crippen LogP contribution in [0.4, 0.5) is 0 Å². The van der Waals surface area contributed by atoms with Gasteiger partial charge in [0.2, 0.25) is 5.91 Å². The Kier molecular flexibility index (Phi) is 5.08. The number of carbonyl (C=O) groups excluding carboxylic acids is 1. The van der Waals surface area contributed by atoms with E-state index in [0.29, 0.717) is 19.6 Å². The maximum Gasteiger partial charge on any atom is 0.225 e. The molecule has 5 heteroatoms. The molecule has 1 atom stereocenters. The molecule has 2 heterocycles. The highest BCUT2D eigenvalue weighted by Gasteiger charge is 2.27. The Balaban J connectivity index is 1.57.